The number of rotatable bonds is 4. The molecule has 0 aliphatic heterocycles. The molecule has 0 atom stereocenters. The lowest BCUT2D eigenvalue weighted by Gasteiger charge is -2.18. The Balaban J connectivity index is 1.14. The molecule has 1 heterocycles. The number of halogens is 3. The summed E-state index contributed by atoms with van der Waals surface area (Å²) in [7, 11) is 0. The van der Waals surface area contributed by atoms with E-state index in [0.717, 1.165) is 43.8 Å². The molecule has 0 unspecified atom stereocenters. The average molecular weight is 757 g/mol. The second-order valence-electron chi connectivity index (χ2n) is 14.6. The fourth-order valence-corrected chi connectivity index (χ4v) is 10.3. The molecule has 11 aromatic rings. The Morgan fingerprint density at radius 1 is 0.316 bits per heavy atom. The summed E-state index contributed by atoms with van der Waals surface area (Å²) in [6.07, 6.45) is -4.40. The highest BCUT2D eigenvalue weighted by atomic mass is 32.1. The number of hydrogen-bond donors (Lipinski definition) is 0. The molecule has 57 heavy (non-hydrogen) atoms. The summed E-state index contributed by atoms with van der Waals surface area (Å²) < 4.78 is 43.2. The first kappa shape index (κ1) is 33.6. The van der Waals surface area contributed by atoms with Gasteiger partial charge in [-0.15, -0.1) is 11.3 Å². The van der Waals surface area contributed by atoms with Crippen LogP contribution in [0.5, 0.6) is 0 Å². The average Bonchev–Trinajstić information content (AvgIpc) is 3.63. The van der Waals surface area contributed by atoms with Crippen molar-refractivity contribution in [1.29, 1.82) is 0 Å². The van der Waals surface area contributed by atoms with Gasteiger partial charge in [-0.3, -0.25) is 0 Å². The van der Waals surface area contributed by atoms with Gasteiger partial charge in [0.2, 0.25) is 0 Å². The van der Waals surface area contributed by atoms with Crippen molar-refractivity contribution in [2.75, 3.05) is 0 Å². The third-order valence-electron chi connectivity index (χ3n) is 11.5. The molecule has 0 saturated heterocycles. The molecule has 0 saturated carbocycles. The van der Waals surface area contributed by atoms with E-state index in [1.54, 1.807) is 12.1 Å². The molecule has 11 rings (SSSR count). The lowest BCUT2D eigenvalue weighted by atomic mass is 9.85. The van der Waals surface area contributed by atoms with Gasteiger partial charge in [0, 0.05) is 25.7 Å². The largest absolute Gasteiger partial charge is 0.416 e. The second-order valence-corrected chi connectivity index (χ2v) is 15.7. The van der Waals surface area contributed by atoms with E-state index in [9.17, 15) is 13.2 Å². The summed E-state index contributed by atoms with van der Waals surface area (Å²) >= 11 is 1.82. The normalized spacial score (nSPS) is 12.1. The van der Waals surface area contributed by atoms with Gasteiger partial charge in [-0.05, 0) is 100 Å². The summed E-state index contributed by atoms with van der Waals surface area (Å²) in [4.78, 5) is 0. The molecule has 0 nitrogen and oxygen atoms in total. The molecule has 0 fully saturated rings. The Hall–Kier alpha value is -6.75. The van der Waals surface area contributed by atoms with E-state index in [4.69, 9.17) is 0 Å². The number of benzene rings is 10. The minimum absolute atomic E-state index is 0.651. The molecule has 4 heteroatoms. The first-order valence-electron chi connectivity index (χ1n) is 19.0. The number of thiophene rings is 1. The standard InChI is InChI=1S/C53H31F3S/c54-53(55,56)35-28-25-33(26-29-35)49-41-19-8-10-21-43(41)51(44-22-11-9-20-42(44)49)46-24-12-23-45-36-30-27-34(31-47(36)57-52(45)46)50-39-17-6-4-15-37(39)48(32-13-2-1-3-14-32)38-16-5-7-18-40(38)50/h1-31H. The maximum absolute atomic E-state index is 13.6. The van der Waals surface area contributed by atoms with E-state index >= 15 is 0 Å². The van der Waals surface area contributed by atoms with Gasteiger partial charge >= 0.3 is 6.18 Å². The third kappa shape index (κ3) is 5.28. The van der Waals surface area contributed by atoms with Crippen LogP contribution in [0, 0.1) is 0 Å². The van der Waals surface area contributed by atoms with Crippen LogP contribution in [-0.4, -0.2) is 0 Å². The minimum Gasteiger partial charge on any atom is -0.166 e. The van der Waals surface area contributed by atoms with Crippen LogP contribution in [0.4, 0.5) is 13.2 Å². The number of alkyl halides is 3. The van der Waals surface area contributed by atoms with Gasteiger partial charge in [0.25, 0.3) is 0 Å². The van der Waals surface area contributed by atoms with Gasteiger partial charge in [-0.25, -0.2) is 0 Å². The Morgan fingerprint density at radius 2 is 0.719 bits per heavy atom. The molecular weight excluding hydrogens is 726 g/mol. The van der Waals surface area contributed by atoms with E-state index in [1.165, 1.54) is 76.1 Å². The van der Waals surface area contributed by atoms with Crippen molar-refractivity contribution in [2.24, 2.45) is 0 Å². The molecule has 0 spiro atoms. The predicted octanol–water partition coefficient (Wildman–Crippen LogP) is 16.4. The first-order valence-corrected chi connectivity index (χ1v) is 19.8. The Labute approximate surface area is 330 Å². The summed E-state index contributed by atoms with van der Waals surface area (Å²) in [6.45, 7) is 0. The van der Waals surface area contributed by atoms with Crippen LogP contribution < -0.4 is 0 Å². The van der Waals surface area contributed by atoms with Crippen molar-refractivity contribution in [3.8, 4) is 44.5 Å². The smallest absolute Gasteiger partial charge is 0.166 e. The van der Waals surface area contributed by atoms with Crippen molar-refractivity contribution in [3.05, 3.63) is 194 Å². The highest BCUT2D eigenvalue weighted by Gasteiger charge is 2.30. The Morgan fingerprint density at radius 3 is 1.21 bits per heavy atom. The maximum atomic E-state index is 13.6. The van der Waals surface area contributed by atoms with Crippen LogP contribution >= 0.6 is 11.3 Å². The van der Waals surface area contributed by atoms with Gasteiger partial charge < -0.3 is 0 Å². The summed E-state index contributed by atoms with van der Waals surface area (Å²) in [5.74, 6) is 0. The fourth-order valence-electron chi connectivity index (χ4n) is 9.06. The molecular formula is C53H31F3S. The highest BCUT2D eigenvalue weighted by Crippen LogP contribution is 2.50. The van der Waals surface area contributed by atoms with Crippen LogP contribution in [-0.2, 0) is 6.18 Å². The molecule has 10 aromatic carbocycles. The second kappa shape index (κ2) is 12.9. The number of fused-ring (bicyclic) bond motifs is 7. The zero-order valence-corrected chi connectivity index (χ0v) is 31.3. The summed E-state index contributed by atoms with van der Waals surface area (Å²) in [5.41, 5.74) is 8.18. The first-order chi connectivity index (χ1) is 27.9. The van der Waals surface area contributed by atoms with Crippen LogP contribution in [0.25, 0.3) is 108 Å². The Bertz CT molecular complexity index is 3260. The fraction of sp³-hybridized carbons (Fsp3) is 0.0189. The van der Waals surface area contributed by atoms with Gasteiger partial charge in [-0.2, -0.15) is 13.2 Å². The van der Waals surface area contributed by atoms with E-state index < -0.39 is 11.7 Å². The van der Waals surface area contributed by atoms with Crippen LogP contribution in [0.3, 0.4) is 0 Å². The van der Waals surface area contributed by atoms with Crippen molar-refractivity contribution in [3.63, 3.8) is 0 Å². The zero-order valence-electron chi connectivity index (χ0n) is 30.4. The summed E-state index contributed by atoms with van der Waals surface area (Å²) in [6, 6.07) is 63.9. The van der Waals surface area contributed by atoms with Crippen molar-refractivity contribution < 1.29 is 13.2 Å². The maximum Gasteiger partial charge on any atom is 0.416 e. The van der Waals surface area contributed by atoms with Gasteiger partial charge in [0.15, 0.2) is 0 Å². The monoisotopic (exact) mass is 756 g/mol. The van der Waals surface area contributed by atoms with Crippen LogP contribution in [0.2, 0.25) is 0 Å². The van der Waals surface area contributed by atoms with Crippen molar-refractivity contribution in [2.45, 2.75) is 6.18 Å². The molecule has 0 amide bonds. The molecule has 0 aliphatic rings. The van der Waals surface area contributed by atoms with Gasteiger partial charge in [0.1, 0.15) is 0 Å². The molecule has 0 N–H and O–H groups in total. The van der Waals surface area contributed by atoms with Crippen molar-refractivity contribution in [1.82, 2.24) is 0 Å². The van der Waals surface area contributed by atoms with Gasteiger partial charge in [-0.1, -0.05) is 170 Å². The van der Waals surface area contributed by atoms with Crippen LogP contribution in [0.15, 0.2) is 188 Å². The molecule has 0 bridgehead atoms. The lowest BCUT2D eigenvalue weighted by Crippen LogP contribution is -2.04. The molecule has 270 valence electrons. The topological polar surface area (TPSA) is 0 Å². The summed E-state index contributed by atoms with van der Waals surface area (Å²) in [5, 5.41) is 11.5. The number of hydrogen-bond acceptors (Lipinski definition) is 1. The van der Waals surface area contributed by atoms with E-state index in [2.05, 4.69) is 140 Å². The van der Waals surface area contributed by atoms with E-state index in [1.807, 2.05) is 35.6 Å². The van der Waals surface area contributed by atoms with E-state index in [-0.39, 0.29) is 0 Å². The zero-order chi connectivity index (χ0) is 38.3. The highest BCUT2D eigenvalue weighted by molar-refractivity contribution is 7.26. The van der Waals surface area contributed by atoms with Crippen molar-refractivity contribution >= 4 is 74.6 Å². The lowest BCUT2D eigenvalue weighted by molar-refractivity contribution is -0.137. The van der Waals surface area contributed by atoms with Gasteiger partial charge in [0.05, 0.1) is 5.56 Å². The minimum atomic E-state index is -4.40. The molecule has 0 radical (unpaired) electrons. The molecule has 1 aromatic heterocycles. The third-order valence-corrected chi connectivity index (χ3v) is 12.7. The quantitative estimate of drug-likeness (QED) is 0.157. The van der Waals surface area contributed by atoms with Crippen LogP contribution in [0.1, 0.15) is 5.56 Å². The predicted molar refractivity (Wildman–Crippen MR) is 236 cm³/mol. The van der Waals surface area contributed by atoms with E-state index in [0.29, 0.717) is 0 Å². The molecule has 0 aliphatic carbocycles. The SMILES string of the molecule is FC(F)(F)c1ccc(-c2c3ccccc3c(-c3cccc4c3sc3cc(-c5c6ccccc6c(-c6ccccc6)c6ccccc56)ccc34)c3ccccc23)cc1. The Kier molecular flexibility index (Phi) is 7.60.